The Morgan fingerprint density at radius 3 is 2.61 bits per heavy atom. The van der Waals surface area contributed by atoms with Gasteiger partial charge in [-0.25, -0.2) is 9.18 Å². The van der Waals surface area contributed by atoms with Crippen LogP contribution >= 0.6 is 11.6 Å². The number of ether oxygens (including phenoxy) is 1. The first-order valence-electron chi connectivity index (χ1n) is 9.97. The monoisotopic (exact) mass is 435 g/mol. The number of anilines is 1. The minimum absolute atomic E-state index is 0.147. The summed E-state index contributed by atoms with van der Waals surface area (Å²) in [6, 6.07) is 18.0. The van der Waals surface area contributed by atoms with Crippen LogP contribution in [0.4, 0.5) is 10.1 Å². The number of nitrogens with zero attached hydrogens (tertiary/aromatic N) is 1. The Morgan fingerprint density at radius 2 is 1.84 bits per heavy atom. The van der Waals surface area contributed by atoms with Crippen molar-refractivity contribution in [1.82, 2.24) is 0 Å². The van der Waals surface area contributed by atoms with Crippen LogP contribution < -0.4 is 15.3 Å². The smallest absolute Gasteiger partial charge is 0.340 e. The van der Waals surface area contributed by atoms with E-state index in [0.29, 0.717) is 46.1 Å². The predicted molar refractivity (Wildman–Crippen MR) is 120 cm³/mol. The minimum Gasteiger partial charge on any atom is -0.471 e. The molecule has 0 amide bonds. The highest BCUT2D eigenvalue weighted by Gasteiger charge is 2.27. The summed E-state index contributed by atoms with van der Waals surface area (Å²) in [4.78, 5) is 14.7. The molecular weight excluding hydrogens is 417 g/mol. The number of halogens is 2. The number of rotatable bonds is 3. The third-order valence-electron chi connectivity index (χ3n) is 5.71. The fraction of sp³-hybridized carbons (Fsp3) is 0.160. The van der Waals surface area contributed by atoms with Gasteiger partial charge in [0.1, 0.15) is 17.1 Å². The number of fused-ring (bicyclic) bond motifs is 3. The maximum absolute atomic E-state index is 14.3. The van der Waals surface area contributed by atoms with Crippen LogP contribution in [0.15, 0.2) is 69.9 Å². The maximum atomic E-state index is 14.3. The van der Waals surface area contributed by atoms with Crippen LogP contribution in [0.3, 0.4) is 0 Å². The highest BCUT2D eigenvalue weighted by molar-refractivity contribution is 6.33. The Hall–Kier alpha value is -3.31. The van der Waals surface area contributed by atoms with E-state index in [1.54, 1.807) is 29.2 Å². The van der Waals surface area contributed by atoms with Crippen molar-refractivity contribution in [1.29, 1.82) is 0 Å². The number of benzene rings is 3. The van der Waals surface area contributed by atoms with Gasteiger partial charge in [-0.1, -0.05) is 54.1 Å². The van der Waals surface area contributed by atoms with Gasteiger partial charge in [0.05, 0.1) is 22.8 Å². The largest absolute Gasteiger partial charge is 0.471 e. The van der Waals surface area contributed by atoms with E-state index in [4.69, 9.17) is 20.8 Å². The molecule has 0 bridgehead atoms. The zero-order valence-electron chi connectivity index (χ0n) is 16.8. The van der Waals surface area contributed by atoms with Crippen molar-refractivity contribution in [3.05, 3.63) is 104 Å². The first-order chi connectivity index (χ1) is 15.0. The van der Waals surface area contributed by atoms with Gasteiger partial charge in [0.2, 0.25) is 0 Å². The standard InChI is InChI=1S/C25H19ClFNO3/c1-15-17-12-20(26)24-19(13-28(14-30-24)22-10-6-5-9-21(22)27)23(17)31-25(29)18(15)11-16-7-3-2-4-8-16/h2-10,12H,11,13-14H2,1H3. The quantitative estimate of drug-likeness (QED) is 0.379. The zero-order valence-corrected chi connectivity index (χ0v) is 17.6. The molecule has 0 spiro atoms. The van der Waals surface area contributed by atoms with Crippen LogP contribution in [-0.4, -0.2) is 6.73 Å². The van der Waals surface area contributed by atoms with Crippen LogP contribution in [0.5, 0.6) is 5.75 Å². The molecule has 2 heterocycles. The molecule has 0 saturated carbocycles. The summed E-state index contributed by atoms with van der Waals surface area (Å²) < 4.78 is 26.0. The maximum Gasteiger partial charge on any atom is 0.340 e. The van der Waals surface area contributed by atoms with Gasteiger partial charge >= 0.3 is 5.63 Å². The van der Waals surface area contributed by atoms with Crippen molar-refractivity contribution in [2.45, 2.75) is 19.9 Å². The van der Waals surface area contributed by atoms with Gasteiger partial charge in [-0.2, -0.15) is 0 Å². The average molecular weight is 436 g/mol. The molecule has 0 N–H and O–H groups in total. The molecule has 156 valence electrons. The van der Waals surface area contributed by atoms with Gasteiger partial charge in [0.25, 0.3) is 0 Å². The van der Waals surface area contributed by atoms with Crippen LogP contribution in [0.2, 0.25) is 5.02 Å². The number of aryl methyl sites for hydroxylation is 1. The summed E-state index contributed by atoms with van der Waals surface area (Å²) in [7, 11) is 0. The third kappa shape index (κ3) is 3.45. The molecule has 1 aliphatic heterocycles. The van der Waals surface area contributed by atoms with Crippen LogP contribution in [0.25, 0.3) is 11.0 Å². The molecular formula is C25H19ClFNO3. The predicted octanol–water partition coefficient (Wildman–Crippen LogP) is 5.84. The topological polar surface area (TPSA) is 42.7 Å². The molecule has 0 atom stereocenters. The number of hydrogen-bond acceptors (Lipinski definition) is 4. The van der Waals surface area contributed by atoms with Crippen molar-refractivity contribution < 1.29 is 13.5 Å². The van der Waals surface area contributed by atoms with E-state index in [9.17, 15) is 9.18 Å². The summed E-state index contributed by atoms with van der Waals surface area (Å²) in [5.74, 6) is 0.128. The van der Waals surface area contributed by atoms with E-state index < -0.39 is 0 Å². The van der Waals surface area contributed by atoms with E-state index in [2.05, 4.69) is 0 Å². The van der Waals surface area contributed by atoms with Crippen LogP contribution in [-0.2, 0) is 13.0 Å². The van der Waals surface area contributed by atoms with E-state index in [-0.39, 0.29) is 18.2 Å². The summed E-state index contributed by atoms with van der Waals surface area (Å²) in [6.45, 7) is 2.36. The second-order valence-corrected chi connectivity index (χ2v) is 8.03. The Labute approximate surface area is 183 Å². The fourth-order valence-electron chi connectivity index (χ4n) is 4.08. The molecule has 1 aromatic heterocycles. The van der Waals surface area contributed by atoms with Crippen molar-refractivity contribution in [3.8, 4) is 5.75 Å². The summed E-state index contributed by atoms with van der Waals surface area (Å²) in [5, 5.41) is 1.20. The summed E-state index contributed by atoms with van der Waals surface area (Å²) in [6.07, 6.45) is 0.470. The SMILES string of the molecule is Cc1c(Cc2ccccc2)c(=O)oc2c3c(c(Cl)cc12)OCN(c1ccccc1F)C3. The van der Waals surface area contributed by atoms with Crippen molar-refractivity contribution in [3.63, 3.8) is 0 Å². The Bertz CT molecular complexity index is 1350. The Kier molecular flexibility index (Phi) is 4.91. The lowest BCUT2D eigenvalue weighted by molar-refractivity contribution is 0.287. The van der Waals surface area contributed by atoms with Crippen LogP contribution in [0.1, 0.15) is 22.3 Å². The molecule has 0 saturated heterocycles. The molecule has 5 rings (SSSR count). The first kappa shape index (κ1) is 19.6. The van der Waals surface area contributed by atoms with E-state index in [1.807, 2.05) is 37.3 Å². The second-order valence-electron chi connectivity index (χ2n) is 7.62. The Balaban J connectivity index is 1.64. The van der Waals surface area contributed by atoms with Gasteiger partial charge in [0.15, 0.2) is 6.73 Å². The van der Waals surface area contributed by atoms with Crippen molar-refractivity contribution in [2.75, 3.05) is 11.6 Å². The lowest BCUT2D eigenvalue weighted by atomic mass is 9.97. The van der Waals surface area contributed by atoms with Gasteiger partial charge < -0.3 is 14.1 Å². The Morgan fingerprint density at radius 1 is 1.10 bits per heavy atom. The van der Waals surface area contributed by atoms with Crippen molar-refractivity contribution >= 4 is 28.3 Å². The highest BCUT2D eigenvalue weighted by atomic mass is 35.5. The van der Waals surface area contributed by atoms with E-state index in [1.165, 1.54) is 6.07 Å². The molecule has 0 unspecified atom stereocenters. The molecule has 0 fully saturated rings. The van der Waals surface area contributed by atoms with E-state index in [0.717, 1.165) is 16.5 Å². The van der Waals surface area contributed by atoms with Gasteiger partial charge in [-0.3, -0.25) is 0 Å². The second kappa shape index (κ2) is 7.75. The van der Waals surface area contributed by atoms with Gasteiger partial charge in [-0.05, 0) is 36.2 Å². The molecule has 6 heteroatoms. The van der Waals surface area contributed by atoms with E-state index >= 15 is 0 Å². The normalized spacial score (nSPS) is 13.2. The van der Waals surface area contributed by atoms with Gasteiger partial charge in [-0.15, -0.1) is 0 Å². The lowest BCUT2D eigenvalue weighted by Crippen LogP contribution is -2.33. The van der Waals surface area contributed by atoms with Crippen LogP contribution in [0, 0.1) is 12.7 Å². The molecule has 0 aliphatic carbocycles. The van der Waals surface area contributed by atoms with Crippen molar-refractivity contribution in [2.24, 2.45) is 0 Å². The summed E-state index contributed by atoms with van der Waals surface area (Å²) >= 11 is 6.53. The minimum atomic E-state index is -0.388. The molecule has 3 aromatic carbocycles. The first-order valence-corrected chi connectivity index (χ1v) is 10.3. The number of hydrogen-bond donors (Lipinski definition) is 0. The molecule has 4 aromatic rings. The molecule has 0 radical (unpaired) electrons. The highest BCUT2D eigenvalue weighted by Crippen LogP contribution is 2.41. The third-order valence-corrected chi connectivity index (χ3v) is 5.99. The number of para-hydroxylation sites is 1. The molecule has 4 nitrogen and oxygen atoms in total. The lowest BCUT2D eigenvalue weighted by Gasteiger charge is -2.31. The fourth-order valence-corrected chi connectivity index (χ4v) is 4.36. The molecule has 31 heavy (non-hydrogen) atoms. The average Bonchev–Trinajstić information content (AvgIpc) is 2.78. The van der Waals surface area contributed by atoms with Gasteiger partial charge in [0, 0.05) is 17.4 Å². The summed E-state index contributed by atoms with van der Waals surface area (Å²) in [5.41, 5.74) is 3.54. The zero-order chi connectivity index (χ0) is 21.5. The molecule has 1 aliphatic rings.